The number of anilines is 1. The van der Waals surface area contributed by atoms with Crippen LogP contribution in [0.15, 0.2) is 46.9 Å². The average molecular weight is 355 g/mol. The zero-order valence-corrected chi connectivity index (χ0v) is 13.8. The van der Waals surface area contributed by atoms with E-state index in [0.717, 1.165) is 21.5 Å². The minimum Gasteiger partial charge on any atom is -0.491 e. The first-order chi connectivity index (χ1) is 9.56. The number of benzene rings is 2. The molecule has 2 rings (SSSR count). The number of para-hydroxylation sites is 1. The van der Waals surface area contributed by atoms with Crippen LogP contribution in [0.4, 0.5) is 5.69 Å². The van der Waals surface area contributed by atoms with Crippen molar-refractivity contribution in [2.45, 2.75) is 26.5 Å². The van der Waals surface area contributed by atoms with E-state index in [4.69, 9.17) is 16.3 Å². The summed E-state index contributed by atoms with van der Waals surface area (Å²) in [7, 11) is 0. The van der Waals surface area contributed by atoms with Crippen molar-refractivity contribution in [2.75, 3.05) is 5.32 Å². The lowest BCUT2D eigenvalue weighted by Crippen LogP contribution is -2.09. The Morgan fingerprint density at radius 2 is 1.95 bits per heavy atom. The highest BCUT2D eigenvalue weighted by atomic mass is 79.9. The van der Waals surface area contributed by atoms with Crippen molar-refractivity contribution in [3.8, 4) is 5.75 Å². The number of nitrogens with one attached hydrogen (secondary N) is 1. The summed E-state index contributed by atoms with van der Waals surface area (Å²) in [5, 5.41) is 4.08. The highest BCUT2D eigenvalue weighted by Crippen LogP contribution is 2.26. The molecule has 0 unspecified atom stereocenters. The highest BCUT2D eigenvalue weighted by molar-refractivity contribution is 9.10. The molecule has 0 aromatic heterocycles. The Morgan fingerprint density at radius 3 is 2.65 bits per heavy atom. The van der Waals surface area contributed by atoms with Crippen molar-refractivity contribution < 1.29 is 4.74 Å². The highest BCUT2D eigenvalue weighted by Gasteiger charge is 2.05. The van der Waals surface area contributed by atoms with Crippen LogP contribution in [0.2, 0.25) is 5.02 Å². The van der Waals surface area contributed by atoms with Gasteiger partial charge in [-0.3, -0.25) is 0 Å². The number of rotatable bonds is 5. The molecule has 2 nitrogen and oxygen atoms in total. The monoisotopic (exact) mass is 353 g/mol. The molecule has 0 atom stereocenters. The minimum absolute atomic E-state index is 0.167. The molecular weight excluding hydrogens is 338 g/mol. The summed E-state index contributed by atoms with van der Waals surface area (Å²) in [4.78, 5) is 0. The van der Waals surface area contributed by atoms with Gasteiger partial charge < -0.3 is 10.1 Å². The fraction of sp³-hybridized carbons (Fsp3) is 0.250. The normalized spacial score (nSPS) is 10.7. The van der Waals surface area contributed by atoms with E-state index in [1.165, 1.54) is 0 Å². The molecule has 0 heterocycles. The van der Waals surface area contributed by atoms with Gasteiger partial charge in [-0.15, -0.1) is 0 Å². The van der Waals surface area contributed by atoms with Crippen LogP contribution in [-0.2, 0) is 6.54 Å². The molecule has 0 amide bonds. The lowest BCUT2D eigenvalue weighted by molar-refractivity contribution is 0.240. The number of ether oxygens (including phenoxy) is 1. The molecule has 1 N–H and O–H groups in total. The lowest BCUT2D eigenvalue weighted by atomic mass is 10.2. The Labute approximate surface area is 133 Å². The van der Waals surface area contributed by atoms with Gasteiger partial charge in [-0.2, -0.15) is 0 Å². The predicted molar refractivity (Wildman–Crippen MR) is 88.7 cm³/mol. The van der Waals surface area contributed by atoms with Crippen LogP contribution in [0.25, 0.3) is 0 Å². The molecule has 0 saturated carbocycles. The van der Waals surface area contributed by atoms with Crippen LogP contribution < -0.4 is 10.1 Å². The SMILES string of the molecule is CC(C)Oc1ccccc1CNc1ccc(Cl)c(Br)c1. The summed E-state index contributed by atoms with van der Waals surface area (Å²) in [5.74, 6) is 0.919. The maximum Gasteiger partial charge on any atom is 0.124 e. The van der Waals surface area contributed by atoms with E-state index in [2.05, 4.69) is 27.3 Å². The number of halogens is 2. The Kier molecular flexibility index (Phi) is 5.32. The molecule has 2 aromatic carbocycles. The first kappa shape index (κ1) is 15.2. The molecular formula is C16H17BrClNO. The summed E-state index contributed by atoms with van der Waals surface area (Å²) < 4.78 is 6.69. The molecule has 4 heteroatoms. The Balaban J connectivity index is 2.08. The van der Waals surface area contributed by atoms with Crippen LogP contribution in [0.1, 0.15) is 19.4 Å². The number of hydrogen-bond donors (Lipinski definition) is 1. The third-order valence-corrected chi connectivity index (χ3v) is 3.95. The Morgan fingerprint density at radius 1 is 1.20 bits per heavy atom. The van der Waals surface area contributed by atoms with E-state index in [9.17, 15) is 0 Å². The van der Waals surface area contributed by atoms with Crippen molar-refractivity contribution in [2.24, 2.45) is 0 Å². The second-order valence-electron chi connectivity index (χ2n) is 4.76. The van der Waals surface area contributed by atoms with E-state index in [-0.39, 0.29) is 6.10 Å². The van der Waals surface area contributed by atoms with E-state index in [0.29, 0.717) is 11.6 Å². The van der Waals surface area contributed by atoms with Gasteiger partial charge in [-0.25, -0.2) is 0 Å². The van der Waals surface area contributed by atoms with E-state index in [1.807, 2.05) is 50.2 Å². The second kappa shape index (κ2) is 7.00. The zero-order valence-electron chi connectivity index (χ0n) is 11.5. The minimum atomic E-state index is 0.167. The fourth-order valence-corrected chi connectivity index (χ4v) is 2.32. The average Bonchev–Trinajstić information content (AvgIpc) is 2.41. The van der Waals surface area contributed by atoms with Crippen molar-refractivity contribution in [1.29, 1.82) is 0 Å². The molecule has 0 fully saturated rings. The number of hydrogen-bond acceptors (Lipinski definition) is 2. The molecule has 0 saturated heterocycles. The third-order valence-electron chi connectivity index (χ3n) is 2.74. The van der Waals surface area contributed by atoms with Crippen molar-refractivity contribution in [3.05, 3.63) is 57.5 Å². The van der Waals surface area contributed by atoms with Crippen molar-refractivity contribution >= 4 is 33.2 Å². The predicted octanol–water partition coefficient (Wildman–Crippen LogP) is 5.50. The maximum absolute atomic E-state index is 5.99. The van der Waals surface area contributed by atoms with Gasteiger partial charge in [-0.1, -0.05) is 29.8 Å². The fourth-order valence-electron chi connectivity index (χ4n) is 1.82. The molecule has 0 radical (unpaired) electrons. The van der Waals surface area contributed by atoms with Crippen LogP contribution >= 0.6 is 27.5 Å². The van der Waals surface area contributed by atoms with Crippen molar-refractivity contribution in [1.82, 2.24) is 0 Å². The molecule has 2 aromatic rings. The largest absolute Gasteiger partial charge is 0.491 e. The van der Waals surface area contributed by atoms with Gasteiger partial charge in [0.2, 0.25) is 0 Å². The van der Waals surface area contributed by atoms with Gasteiger partial charge in [0.05, 0.1) is 11.1 Å². The summed E-state index contributed by atoms with van der Waals surface area (Å²) in [6, 6.07) is 13.9. The van der Waals surface area contributed by atoms with E-state index >= 15 is 0 Å². The molecule has 106 valence electrons. The van der Waals surface area contributed by atoms with Gasteiger partial charge >= 0.3 is 0 Å². The third kappa shape index (κ3) is 4.15. The molecule has 0 spiro atoms. The van der Waals surface area contributed by atoms with Gasteiger partial charge in [0, 0.05) is 22.3 Å². The standard InChI is InChI=1S/C16H17BrClNO/c1-11(2)20-16-6-4-3-5-12(16)10-19-13-7-8-15(18)14(17)9-13/h3-9,11,19H,10H2,1-2H3. The van der Waals surface area contributed by atoms with Crippen LogP contribution in [0, 0.1) is 0 Å². The summed E-state index contributed by atoms with van der Waals surface area (Å²) >= 11 is 9.41. The summed E-state index contributed by atoms with van der Waals surface area (Å²) in [6.45, 7) is 4.76. The van der Waals surface area contributed by atoms with Gasteiger partial charge in [0.1, 0.15) is 5.75 Å². The van der Waals surface area contributed by atoms with Gasteiger partial charge in [0.25, 0.3) is 0 Å². The van der Waals surface area contributed by atoms with Crippen LogP contribution in [-0.4, -0.2) is 6.10 Å². The van der Waals surface area contributed by atoms with Crippen LogP contribution in [0.3, 0.4) is 0 Å². The maximum atomic E-state index is 5.99. The lowest BCUT2D eigenvalue weighted by Gasteiger charge is -2.15. The summed E-state index contributed by atoms with van der Waals surface area (Å²) in [6.07, 6.45) is 0.167. The molecule has 0 aliphatic carbocycles. The Bertz CT molecular complexity index is 586. The van der Waals surface area contributed by atoms with Gasteiger partial charge in [-0.05, 0) is 54.0 Å². The van der Waals surface area contributed by atoms with E-state index < -0.39 is 0 Å². The Hall–Kier alpha value is -1.19. The molecule has 0 aliphatic heterocycles. The van der Waals surface area contributed by atoms with Crippen molar-refractivity contribution in [3.63, 3.8) is 0 Å². The second-order valence-corrected chi connectivity index (χ2v) is 6.02. The first-order valence-electron chi connectivity index (χ1n) is 6.49. The quantitative estimate of drug-likeness (QED) is 0.765. The molecule has 0 aliphatic rings. The van der Waals surface area contributed by atoms with Crippen LogP contribution in [0.5, 0.6) is 5.75 Å². The molecule has 0 bridgehead atoms. The van der Waals surface area contributed by atoms with E-state index in [1.54, 1.807) is 0 Å². The topological polar surface area (TPSA) is 21.3 Å². The summed E-state index contributed by atoms with van der Waals surface area (Å²) in [5.41, 5.74) is 2.15. The first-order valence-corrected chi connectivity index (χ1v) is 7.67. The molecule has 20 heavy (non-hydrogen) atoms. The smallest absolute Gasteiger partial charge is 0.124 e. The zero-order chi connectivity index (χ0) is 14.5. The van der Waals surface area contributed by atoms with Gasteiger partial charge in [0.15, 0.2) is 0 Å².